The van der Waals surface area contributed by atoms with E-state index in [0.717, 1.165) is 28.2 Å². The van der Waals surface area contributed by atoms with Crippen LogP contribution in [-0.2, 0) is 0 Å². The second kappa shape index (κ2) is 9.53. The smallest absolute Gasteiger partial charge is 0.147 e. The van der Waals surface area contributed by atoms with E-state index in [1.807, 2.05) is 42.4 Å². The van der Waals surface area contributed by atoms with Gasteiger partial charge in [-0.25, -0.2) is 4.39 Å². The molecule has 0 aliphatic carbocycles. The number of nitrogens with zero attached hydrogens (tertiary/aromatic N) is 4. The zero-order valence-corrected chi connectivity index (χ0v) is 21.4. The van der Waals surface area contributed by atoms with Crippen molar-refractivity contribution in [3.8, 4) is 0 Å². The van der Waals surface area contributed by atoms with Crippen LogP contribution in [0.25, 0.3) is 5.70 Å². The zero-order chi connectivity index (χ0) is 25.3. The second-order valence-electron chi connectivity index (χ2n) is 9.82. The summed E-state index contributed by atoms with van der Waals surface area (Å²) in [6.07, 6.45) is 1.65. The lowest BCUT2D eigenvalue weighted by atomic mass is 9.96. The Morgan fingerprint density at radius 1 is 1.11 bits per heavy atom. The third-order valence-electron chi connectivity index (χ3n) is 6.77. The van der Waals surface area contributed by atoms with Gasteiger partial charge in [-0.15, -0.1) is 0 Å². The van der Waals surface area contributed by atoms with Crippen molar-refractivity contribution in [1.82, 2.24) is 9.99 Å². The van der Waals surface area contributed by atoms with Crippen LogP contribution in [0.15, 0.2) is 77.5 Å². The fourth-order valence-electron chi connectivity index (χ4n) is 4.81. The highest BCUT2D eigenvalue weighted by molar-refractivity contribution is 5.83. The summed E-state index contributed by atoms with van der Waals surface area (Å²) in [5.74, 6) is 0.0152. The molecule has 1 aromatic heterocycles. The molecule has 0 saturated carbocycles. The van der Waals surface area contributed by atoms with Gasteiger partial charge in [0.25, 0.3) is 0 Å². The Bertz CT molecular complexity index is 1250. The molecule has 1 N–H and O–H groups in total. The molecule has 0 radical (unpaired) electrons. The fourth-order valence-corrected chi connectivity index (χ4v) is 4.81. The highest BCUT2D eigenvalue weighted by Crippen LogP contribution is 2.48. The number of pyridine rings is 1. The number of hydrogen-bond donors (Lipinski definition) is 1. The number of nitrogens with one attached hydrogen (secondary N) is 1. The molecule has 35 heavy (non-hydrogen) atoms. The third-order valence-corrected chi connectivity index (χ3v) is 6.77. The number of hydrogen-bond acceptors (Lipinski definition) is 5. The van der Waals surface area contributed by atoms with Gasteiger partial charge in [0.1, 0.15) is 23.2 Å². The Kier molecular flexibility index (Phi) is 6.66. The van der Waals surface area contributed by atoms with Gasteiger partial charge in [-0.1, -0.05) is 50.2 Å². The molecule has 4 rings (SSSR count). The molecule has 0 spiro atoms. The quantitative estimate of drug-likeness (QED) is 0.300. The average molecular weight is 472 g/mol. The maximum Gasteiger partial charge on any atom is 0.147 e. The van der Waals surface area contributed by atoms with Crippen molar-refractivity contribution in [2.24, 2.45) is 11.0 Å². The number of anilines is 2. The van der Waals surface area contributed by atoms with Gasteiger partial charge in [0.2, 0.25) is 0 Å². The summed E-state index contributed by atoms with van der Waals surface area (Å²) in [6, 6.07) is 19.0. The van der Waals surface area contributed by atoms with E-state index in [4.69, 9.17) is 0 Å². The molecular weight excluding hydrogens is 437 g/mol. The Balaban J connectivity index is 1.95. The average Bonchev–Trinajstić information content (AvgIpc) is 3.10. The van der Waals surface area contributed by atoms with Crippen molar-refractivity contribution < 1.29 is 4.39 Å². The molecule has 2 heterocycles. The predicted octanol–water partition coefficient (Wildman–Crippen LogP) is 6.91. The van der Waals surface area contributed by atoms with Gasteiger partial charge in [-0.2, -0.15) is 5.10 Å². The molecular formula is C29H34FN5. The van der Waals surface area contributed by atoms with E-state index in [2.05, 4.69) is 79.8 Å². The van der Waals surface area contributed by atoms with Crippen LogP contribution < -0.4 is 10.2 Å². The number of fused-ring (bicyclic) bond motifs is 1. The molecule has 0 amide bonds. The second-order valence-corrected chi connectivity index (χ2v) is 9.82. The lowest BCUT2D eigenvalue weighted by Gasteiger charge is -2.40. The molecule has 0 saturated heterocycles. The molecule has 1 unspecified atom stereocenters. The molecule has 0 fully saturated rings. The van der Waals surface area contributed by atoms with Gasteiger partial charge in [0.05, 0.1) is 17.1 Å². The number of hydrazone groups is 1. The van der Waals surface area contributed by atoms with Gasteiger partial charge in [0.15, 0.2) is 0 Å². The molecule has 1 atom stereocenters. The Morgan fingerprint density at radius 3 is 2.46 bits per heavy atom. The van der Waals surface area contributed by atoms with Crippen LogP contribution in [-0.4, -0.2) is 29.4 Å². The minimum atomic E-state index is -0.495. The summed E-state index contributed by atoms with van der Waals surface area (Å²) >= 11 is 0. The summed E-state index contributed by atoms with van der Waals surface area (Å²) < 4.78 is 15.2. The highest BCUT2D eigenvalue weighted by atomic mass is 19.1. The maximum atomic E-state index is 15.2. The van der Waals surface area contributed by atoms with Crippen molar-refractivity contribution in [2.75, 3.05) is 17.3 Å². The first-order chi connectivity index (χ1) is 16.7. The molecule has 5 nitrogen and oxygen atoms in total. The maximum absolute atomic E-state index is 15.2. The SMILES string of the molecule is C=NN(C)/C(=C(/C)C(C)C)c1ccc2c(c1)N(C(c1ccccc1)c1ncccc1F)C(C)(C)N2. The van der Waals surface area contributed by atoms with Crippen LogP contribution in [0, 0.1) is 11.7 Å². The van der Waals surface area contributed by atoms with Crippen LogP contribution in [0.4, 0.5) is 15.8 Å². The molecule has 6 heteroatoms. The first-order valence-electron chi connectivity index (χ1n) is 11.9. The molecule has 1 aliphatic rings. The minimum Gasteiger partial charge on any atom is -0.361 e. The Hall–Kier alpha value is -3.67. The first kappa shape index (κ1) is 24.5. The first-order valence-corrected chi connectivity index (χ1v) is 11.9. The van der Waals surface area contributed by atoms with Crippen molar-refractivity contribution >= 4 is 23.8 Å². The lowest BCUT2D eigenvalue weighted by molar-refractivity contribution is 0.482. The summed E-state index contributed by atoms with van der Waals surface area (Å²) in [4.78, 5) is 6.74. The van der Waals surface area contributed by atoms with Gasteiger partial charge in [-0.05, 0) is 62.1 Å². The van der Waals surface area contributed by atoms with E-state index in [9.17, 15) is 0 Å². The van der Waals surface area contributed by atoms with Crippen LogP contribution in [0.3, 0.4) is 0 Å². The summed E-state index contributed by atoms with van der Waals surface area (Å²) in [7, 11) is 1.91. The molecule has 1 aliphatic heterocycles. The van der Waals surface area contributed by atoms with Crippen molar-refractivity contribution in [3.05, 3.63) is 95.1 Å². The minimum absolute atomic E-state index is 0.325. The van der Waals surface area contributed by atoms with Gasteiger partial charge in [-0.3, -0.25) is 9.99 Å². The van der Waals surface area contributed by atoms with E-state index < -0.39 is 11.7 Å². The fraction of sp³-hybridized carbons (Fsp3) is 0.310. The van der Waals surface area contributed by atoms with E-state index in [1.54, 1.807) is 12.3 Å². The van der Waals surface area contributed by atoms with Gasteiger partial charge < -0.3 is 10.2 Å². The number of benzene rings is 2. The van der Waals surface area contributed by atoms with Crippen molar-refractivity contribution in [2.45, 2.75) is 46.3 Å². The van der Waals surface area contributed by atoms with Crippen LogP contribution >= 0.6 is 0 Å². The van der Waals surface area contributed by atoms with Crippen LogP contribution in [0.1, 0.15) is 57.5 Å². The Labute approximate surface area is 208 Å². The normalized spacial score (nSPS) is 15.8. The van der Waals surface area contributed by atoms with Crippen molar-refractivity contribution in [1.29, 1.82) is 0 Å². The van der Waals surface area contributed by atoms with E-state index in [-0.39, 0.29) is 5.82 Å². The van der Waals surface area contributed by atoms with E-state index in [0.29, 0.717) is 11.6 Å². The highest BCUT2D eigenvalue weighted by Gasteiger charge is 2.42. The molecule has 3 aromatic rings. The van der Waals surface area contributed by atoms with Gasteiger partial charge >= 0.3 is 0 Å². The van der Waals surface area contributed by atoms with E-state index >= 15 is 4.39 Å². The summed E-state index contributed by atoms with van der Waals surface area (Å²) in [5.41, 5.74) is 6.11. The Morgan fingerprint density at radius 2 is 1.83 bits per heavy atom. The lowest BCUT2D eigenvalue weighted by Crippen LogP contribution is -2.48. The number of aromatic nitrogens is 1. The number of rotatable bonds is 7. The standard InChI is InChI=1S/C29H34FN5/c1-19(2)20(3)27(34(7)31-6)22-15-16-24-25(18-22)35(29(4,5)33-24)28(21-12-9-8-10-13-21)26-23(30)14-11-17-32-26/h8-19,28,33H,6H2,1-5,7H3/b27-20-. The number of allylic oxidation sites excluding steroid dienone is 1. The van der Waals surface area contributed by atoms with Crippen molar-refractivity contribution in [3.63, 3.8) is 0 Å². The third kappa shape index (κ3) is 4.53. The molecule has 2 aromatic carbocycles. The topological polar surface area (TPSA) is 43.8 Å². The number of halogens is 1. The predicted molar refractivity (Wildman–Crippen MR) is 144 cm³/mol. The zero-order valence-electron chi connectivity index (χ0n) is 21.4. The summed E-state index contributed by atoms with van der Waals surface area (Å²) in [5, 5.41) is 9.64. The molecule has 0 bridgehead atoms. The van der Waals surface area contributed by atoms with Crippen LogP contribution in [0.5, 0.6) is 0 Å². The van der Waals surface area contributed by atoms with E-state index in [1.165, 1.54) is 11.6 Å². The monoisotopic (exact) mass is 471 g/mol. The van der Waals surface area contributed by atoms with Gasteiger partial charge in [0, 0.05) is 25.5 Å². The largest absolute Gasteiger partial charge is 0.361 e. The molecule has 182 valence electrons. The van der Waals surface area contributed by atoms with Crippen LogP contribution in [0.2, 0.25) is 0 Å². The summed E-state index contributed by atoms with van der Waals surface area (Å²) in [6.45, 7) is 14.4.